The molecular formula is C13H18N2O4. The van der Waals surface area contributed by atoms with E-state index in [-0.39, 0.29) is 11.6 Å². The van der Waals surface area contributed by atoms with Crippen molar-refractivity contribution in [1.29, 1.82) is 0 Å². The Morgan fingerprint density at radius 3 is 2.63 bits per heavy atom. The summed E-state index contributed by atoms with van der Waals surface area (Å²) in [6.45, 7) is 3.70. The highest BCUT2D eigenvalue weighted by molar-refractivity contribution is 5.94. The Kier molecular flexibility index (Phi) is 5.00. The van der Waals surface area contributed by atoms with Crippen LogP contribution < -0.4 is 0 Å². The molecule has 0 aliphatic carbocycles. The van der Waals surface area contributed by atoms with Crippen LogP contribution in [0.15, 0.2) is 18.2 Å². The highest BCUT2D eigenvalue weighted by Gasteiger charge is 2.16. The Labute approximate surface area is 111 Å². The lowest BCUT2D eigenvalue weighted by molar-refractivity contribution is -0.385. The van der Waals surface area contributed by atoms with Crippen LogP contribution in [0.4, 0.5) is 5.69 Å². The number of hydrogen-bond donors (Lipinski definition) is 1. The largest absolute Gasteiger partial charge is 0.393 e. The van der Waals surface area contributed by atoms with Crippen LogP contribution in [0.2, 0.25) is 0 Å². The molecule has 1 atom stereocenters. The third-order valence-corrected chi connectivity index (χ3v) is 2.87. The number of aliphatic hydroxyl groups excluding tert-OH is 1. The molecule has 19 heavy (non-hydrogen) atoms. The zero-order valence-corrected chi connectivity index (χ0v) is 11.3. The smallest absolute Gasteiger partial charge is 0.272 e. The van der Waals surface area contributed by atoms with Crippen molar-refractivity contribution >= 4 is 11.6 Å². The first kappa shape index (κ1) is 15.1. The van der Waals surface area contributed by atoms with Crippen molar-refractivity contribution in [1.82, 2.24) is 4.90 Å². The van der Waals surface area contributed by atoms with Crippen LogP contribution in [-0.4, -0.2) is 40.5 Å². The maximum absolute atomic E-state index is 12.1. The molecule has 6 nitrogen and oxygen atoms in total. The molecule has 0 aliphatic heterocycles. The van der Waals surface area contributed by atoms with Crippen molar-refractivity contribution in [3.63, 3.8) is 0 Å². The molecule has 1 aromatic carbocycles. The van der Waals surface area contributed by atoms with E-state index in [1.807, 2.05) is 0 Å². The van der Waals surface area contributed by atoms with E-state index in [2.05, 4.69) is 0 Å². The van der Waals surface area contributed by atoms with Crippen LogP contribution in [0.25, 0.3) is 0 Å². The predicted octanol–water partition coefficient (Wildman–Crippen LogP) is 1.75. The summed E-state index contributed by atoms with van der Waals surface area (Å²) in [5, 5.41) is 19.9. The summed E-state index contributed by atoms with van der Waals surface area (Å²) in [6, 6.07) is 4.30. The average molecular weight is 266 g/mol. The number of nitro groups is 1. The van der Waals surface area contributed by atoms with E-state index in [0.29, 0.717) is 24.1 Å². The molecule has 1 rings (SSSR count). The summed E-state index contributed by atoms with van der Waals surface area (Å²) >= 11 is 0. The first-order valence-electron chi connectivity index (χ1n) is 6.01. The topological polar surface area (TPSA) is 83.7 Å². The third kappa shape index (κ3) is 4.03. The highest BCUT2D eigenvalue weighted by atomic mass is 16.6. The highest BCUT2D eigenvalue weighted by Crippen LogP contribution is 2.19. The number of carbonyl (C=O) groups excluding carboxylic acids is 1. The Hall–Kier alpha value is -1.95. The standard InChI is InChI=1S/C13H18N2O4/c1-9-8-11(4-5-12(9)15(18)19)13(17)14(3)7-6-10(2)16/h4-5,8,10,16H,6-7H2,1-3H3. The molecule has 0 saturated heterocycles. The monoisotopic (exact) mass is 266 g/mol. The van der Waals surface area contributed by atoms with E-state index >= 15 is 0 Å². The summed E-state index contributed by atoms with van der Waals surface area (Å²) in [6.07, 6.45) is 0.0302. The fraction of sp³-hybridized carbons (Fsp3) is 0.462. The number of hydrogen-bond acceptors (Lipinski definition) is 4. The Bertz CT molecular complexity index is 486. The number of nitrogens with zero attached hydrogens (tertiary/aromatic N) is 2. The van der Waals surface area contributed by atoms with Gasteiger partial charge in [-0.2, -0.15) is 0 Å². The minimum atomic E-state index is -0.471. The maximum atomic E-state index is 12.1. The number of carbonyl (C=O) groups is 1. The number of aryl methyl sites for hydroxylation is 1. The fourth-order valence-electron chi connectivity index (χ4n) is 1.70. The Morgan fingerprint density at radius 2 is 2.16 bits per heavy atom. The van der Waals surface area contributed by atoms with Gasteiger partial charge in [0.05, 0.1) is 11.0 Å². The van der Waals surface area contributed by atoms with Crippen LogP contribution in [0, 0.1) is 17.0 Å². The van der Waals surface area contributed by atoms with Crippen LogP contribution in [-0.2, 0) is 0 Å². The lowest BCUT2D eigenvalue weighted by Crippen LogP contribution is -2.29. The van der Waals surface area contributed by atoms with Gasteiger partial charge in [0.15, 0.2) is 0 Å². The average Bonchev–Trinajstić information content (AvgIpc) is 2.34. The molecule has 1 unspecified atom stereocenters. The first-order valence-corrected chi connectivity index (χ1v) is 6.01. The van der Waals surface area contributed by atoms with Gasteiger partial charge in [-0.05, 0) is 32.4 Å². The molecule has 1 N–H and O–H groups in total. The molecule has 1 aromatic rings. The van der Waals surface area contributed by atoms with Crippen LogP contribution in [0.1, 0.15) is 29.3 Å². The number of aliphatic hydroxyl groups is 1. The third-order valence-electron chi connectivity index (χ3n) is 2.87. The number of rotatable bonds is 5. The quantitative estimate of drug-likeness (QED) is 0.650. The number of benzene rings is 1. The van der Waals surface area contributed by atoms with Crippen molar-refractivity contribution in [2.24, 2.45) is 0 Å². The maximum Gasteiger partial charge on any atom is 0.272 e. The van der Waals surface area contributed by atoms with E-state index in [9.17, 15) is 20.0 Å². The molecule has 0 aromatic heterocycles. The van der Waals surface area contributed by atoms with Gasteiger partial charge in [-0.15, -0.1) is 0 Å². The van der Waals surface area contributed by atoms with Gasteiger partial charge in [0.25, 0.3) is 11.6 Å². The SMILES string of the molecule is Cc1cc(C(=O)N(C)CCC(C)O)ccc1[N+](=O)[O-]. The molecule has 1 amide bonds. The zero-order valence-electron chi connectivity index (χ0n) is 11.3. The molecule has 0 heterocycles. The zero-order chi connectivity index (χ0) is 14.6. The van der Waals surface area contributed by atoms with Gasteiger partial charge < -0.3 is 10.0 Å². The van der Waals surface area contributed by atoms with Gasteiger partial charge in [-0.1, -0.05) is 0 Å². The molecule has 104 valence electrons. The summed E-state index contributed by atoms with van der Waals surface area (Å²) in [5.41, 5.74) is 0.874. The minimum Gasteiger partial charge on any atom is -0.393 e. The number of amides is 1. The molecule has 0 aliphatic rings. The second kappa shape index (κ2) is 6.29. The van der Waals surface area contributed by atoms with E-state index in [1.54, 1.807) is 20.9 Å². The van der Waals surface area contributed by atoms with E-state index in [0.717, 1.165) is 0 Å². The normalized spacial score (nSPS) is 12.0. The van der Waals surface area contributed by atoms with Crippen molar-refractivity contribution in [3.05, 3.63) is 39.4 Å². The molecule has 0 spiro atoms. The van der Waals surface area contributed by atoms with E-state index < -0.39 is 11.0 Å². The molecule has 6 heteroatoms. The van der Waals surface area contributed by atoms with Crippen molar-refractivity contribution in [2.75, 3.05) is 13.6 Å². The molecule has 0 radical (unpaired) electrons. The summed E-state index contributed by atoms with van der Waals surface area (Å²) in [7, 11) is 1.64. The lowest BCUT2D eigenvalue weighted by atomic mass is 10.1. The van der Waals surface area contributed by atoms with Gasteiger partial charge in [-0.25, -0.2) is 0 Å². The van der Waals surface area contributed by atoms with Crippen molar-refractivity contribution < 1.29 is 14.8 Å². The van der Waals surface area contributed by atoms with Crippen LogP contribution in [0.3, 0.4) is 0 Å². The van der Waals surface area contributed by atoms with Crippen molar-refractivity contribution in [2.45, 2.75) is 26.4 Å². The summed E-state index contributed by atoms with van der Waals surface area (Å²) < 4.78 is 0. The summed E-state index contributed by atoms with van der Waals surface area (Å²) in [5.74, 6) is -0.210. The van der Waals surface area contributed by atoms with Crippen LogP contribution >= 0.6 is 0 Å². The molecule has 0 fully saturated rings. The number of nitro benzene ring substituents is 1. The van der Waals surface area contributed by atoms with Crippen LogP contribution in [0.5, 0.6) is 0 Å². The van der Waals surface area contributed by atoms with Gasteiger partial charge in [0.2, 0.25) is 0 Å². The fourth-order valence-corrected chi connectivity index (χ4v) is 1.70. The molecular weight excluding hydrogens is 248 g/mol. The second-order valence-corrected chi connectivity index (χ2v) is 4.62. The Balaban J connectivity index is 2.83. The molecule has 0 saturated carbocycles. The predicted molar refractivity (Wildman–Crippen MR) is 71.1 cm³/mol. The Morgan fingerprint density at radius 1 is 1.53 bits per heavy atom. The van der Waals surface area contributed by atoms with Gasteiger partial charge in [-0.3, -0.25) is 14.9 Å². The molecule has 0 bridgehead atoms. The van der Waals surface area contributed by atoms with Gasteiger partial charge >= 0.3 is 0 Å². The second-order valence-electron chi connectivity index (χ2n) is 4.62. The van der Waals surface area contributed by atoms with Crippen molar-refractivity contribution in [3.8, 4) is 0 Å². The first-order chi connectivity index (χ1) is 8.82. The lowest BCUT2D eigenvalue weighted by Gasteiger charge is -2.18. The van der Waals surface area contributed by atoms with E-state index in [4.69, 9.17) is 0 Å². The van der Waals surface area contributed by atoms with E-state index in [1.165, 1.54) is 23.1 Å². The van der Waals surface area contributed by atoms with Gasteiger partial charge in [0, 0.05) is 30.8 Å². The van der Waals surface area contributed by atoms with Gasteiger partial charge in [0.1, 0.15) is 0 Å². The summed E-state index contributed by atoms with van der Waals surface area (Å²) in [4.78, 5) is 23.8. The minimum absolute atomic E-state index is 0.00295.